The van der Waals surface area contributed by atoms with E-state index in [1.807, 2.05) is 0 Å². The van der Waals surface area contributed by atoms with Crippen molar-refractivity contribution >= 4 is 21.4 Å². The van der Waals surface area contributed by atoms with Crippen LogP contribution in [0.1, 0.15) is 0 Å². The maximum absolute atomic E-state index is 13.4. The number of alkyl halides is 2. The monoisotopic (exact) mass is 427 g/mol. The van der Waals surface area contributed by atoms with Crippen molar-refractivity contribution in [1.82, 2.24) is 5.32 Å². The zero-order chi connectivity index (χ0) is 20.6. The molecule has 2 N–H and O–H groups in total. The number of benzene rings is 2. The number of halogens is 2. The molecule has 0 aromatic heterocycles. The van der Waals surface area contributed by atoms with Gasteiger partial charge in [-0.15, -0.1) is 8.78 Å². The Bertz CT molecular complexity index is 1030. The molecule has 156 valence electrons. The average molecular weight is 427 g/mol. The van der Waals surface area contributed by atoms with Crippen LogP contribution < -0.4 is 29.1 Å². The van der Waals surface area contributed by atoms with Gasteiger partial charge in [0.1, 0.15) is 10.6 Å². The number of nitrogens with zero attached hydrogens (tertiary/aromatic N) is 1. The molecule has 2 aliphatic rings. The maximum Gasteiger partial charge on any atom is 0.586 e. The number of ether oxygens (including phenoxy) is 3. The van der Waals surface area contributed by atoms with Crippen molar-refractivity contribution < 1.29 is 31.4 Å². The highest BCUT2D eigenvalue weighted by Crippen LogP contribution is 2.45. The molecule has 0 saturated carbocycles. The number of hydrogen-bond donors (Lipinski definition) is 2. The lowest BCUT2D eigenvalue weighted by atomic mass is 10.2. The van der Waals surface area contributed by atoms with Crippen molar-refractivity contribution in [3.05, 3.63) is 36.4 Å². The maximum atomic E-state index is 13.4. The van der Waals surface area contributed by atoms with Gasteiger partial charge < -0.3 is 24.4 Å². The van der Waals surface area contributed by atoms with Crippen LogP contribution in [-0.4, -0.2) is 48.0 Å². The van der Waals surface area contributed by atoms with E-state index in [1.165, 1.54) is 31.4 Å². The Labute approximate surface area is 166 Å². The van der Waals surface area contributed by atoms with Crippen LogP contribution in [0.25, 0.3) is 0 Å². The van der Waals surface area contributed by atoms with E-state index >= 15 is 0 Å². The number of rotatable bonds is 5. The van der Waals surface area contributed by atoms with E-state index in [4.69, 9.17) is 4.74 Å². The molecule has 2 aliphatic heterocycles. The molecule has 2 heterocycles. The molecule has 29 heavy (non-hydrogen) atoms. The second-order valence-electron chi connectivity index (χ2n) is 6.48. The van der Waals surface area contributed by atoms with Crippen LogP contribution in [0.15, 0.2) is 41.3 Å². The van der Waals surface area contributed by atoms with Gasteiger partial charge in [-0.3, -0.25) is 4.72 Å². The van der Waals surface area contributed by atoms with Crippen LogP contribution >= 0.6 is 0 Å². The highest BCUT2D eigenvalue weighted by Gasteiger charge is 2.46. The summed E-state index contributed by atoms with van der Waals surface area (Å²) in [5.74, 6) is -0.262. The first-order valence-corrected chi connectivity index (χ1v) is 10.3. The van der Waals surface area contributed by atoms with Gasteiger partial charge >= 0.3 is 6.29 Å². The van der Waals surface area contributed by atoms with Crippen LogP contribution in [0.2, 0.25) is 0 Å². The second-order valence-corrected chi connectivity index (χ2v) is 8.13. The molecule has 0 aliphatic carbocycles. The molecule has 11 heteroatoms. The summed E-state index contributed by atoms with van der Waals surface area (Å²) in [5, 5.41) is 3.25. The molecule has 1 fully saturated rings. The Morgan fingerprint density at radius 3 is 2.66 bits per heavy atom. The zero-order valence-corrected chi connectivity index (χ0v) is 16.3. The number of piperazine rings is 1. The van der Waals surface area contributed by atoms with Gasteiger partial charge in [-0.25, -0.2) is 8.42 Å². The number of anilines is 2. The van der Waals surface area contributed by atoms with E-state index in [0.717, 1.165) is 31.9 Å². The number of hydrogen-bond acceptors (Lipinski definition) is 7. The van der Waals surface area contributed by atoms with Gasteiger partial charge in [0, 0.05) is 26.2 Å². The molecular weight excluding hydrogens is 408 g/mol. The fraction of sp³-hybridized carbons (Fsp3) is 0.333. The highest BCUT2D eigenvalue weighted by atomic mass is 32.2. The molecule has 2 aromatic carbocycles. The molecule has 0 spiro atoms. The molecule has 0 unspecified atom stereocenters. The molecule has 0 radical (unpaired) electrons. The van der Waals surface area contributed by atoms with Gasteiger partial charge in [-0.1, -0.05) is 6.07 Å². The smallest absolute Gasteiger partial charge is 0.495 e. The lowest BCUT2D eigenvalue weighted by Gasteiger charge is -2.31. The van der Waals surface area contributed by atoms with Gasteiger partial charge in [0.15, 0.2) is 11.5 Å². The minimum atomic E-state index is -4.22. The van der Waals surface area contributed by atoms with Crippen molar-refractivity contribution in [3.63, 3.8) is 0 Å². The Kier molecular flexibility index (Phi) is 4.87. The molecule has 1 saturated heterocycles. The summed E-state index contributed by atoms with van der Waals surface area (Å²) >= 11 is 0. The van der Waals surface area contributed by atoms with Crippen LogP contribution in [-0.2, 0) is 10.0 Å². The third-order valence-electron chi connectivity index (χ3n) is 4.57. The second kappa shape index (κ2) is 7.23. The predicted octanol–water partition coefficient (Wildman–Crippen LogP) is 2.23. The predicted molar refractivity (Wildman–Crippen MR) is 102 cm³/mol. The van der Waals surface area contributed by atoms with Crippen LogP contribution in [0.4, 0.5) is 20.2 Å². The first-order valence-electron chi connectivity index (χ1n) is 8.84. The Hall–Kier alpha value is -2.79. The molecule has 0 atom stereocenters. The topological polar surface area (TPSA) is 89.1 Å². The van der Waals surface area contributed by atoms with E-state index in [1.54, 1.807) is 12.1 Å². The SMILES string of the molecule is COc1ccc(NS(=O)(=O)c2cccc3c2OC(F)(F)O3)cc1N1CCNCC1. The number of methoxy groups -OCH3 is 1. The van der Waals surface area contributed by atoms with Crippen LogP contribution in [0.3, 0.4) is 0 Å². The minimum absolute atomic E-state index is 0.266. The molecule has 0 amide bonds. The van der Waals surface area contributed by atoms with Crippen molar-refractivity contribution in [1.29, 1.82) is 0 Å². The van der Waals surface area contributed by atoms with Gasteiger partial charge in [0.25, 0.3) is 10.0 Å². The summed E-state index contributed by atoms with van der Waals surface area (Å²) in [7, 11) is -2.68. The Balaban J connectivity index is 1.65. The van der Waals surface area contributed by atoms with E-state index in [9.17, 15) is 17.2 Å². The van der Waals surface area contributed by atoms with Crippen molar-refractivity contribution in [3.8, 4) is 17.2 Å². The standard InChI is InChI=1S/C18H19F2N3O5S/c1-26-14-6-5-12(11-13(14)23-9-7-21-8-10-23)22-29(24,25)16-4-2-3-15-17(16)28-18(19,20)27-15/h2-6,11,21-22H,7-10H2,1H3. The summed E-state index contributed by atoms with van der Waals surface area (Å²) in [5.41, 5.74) is 1.00. The fourth-order valence-corrected chi connectivity index (χ4v) is 4.46. The molecule has 8 nitrogen and oxygen atoms in total. The van der Waals surface area contributed by atoms with Crippen molar-refractivity contribution in [2.75, 3.05) is 42.9 Å². The third-order valence-corrected chi connectivity index (χ3v) is 5.98. The number of nitrogens with one attached hydrogen (secondary N) is 2. The summed E-state index contributed by atoms with van der Waals surface area (Å²) in [6, 6.07) is 8.53. The quantitative estimate of drug-likeness (QED) is 0.757. The highest BCUT2D eigenvalue weighted by molar-refractivity contribution is 7.92. The Morgan fingerprint density at radius 2 is 1.93 bits per heavy atom. The van der Waals surface area contributed by atoms with Gasteiger partial charge in [0.05, 0.1) is 18.5 Å². The van der Waals surface area contributed by atoms with E-state index in [2.05, 4.69) is 24.4 Å². The number of sulfonamides is 1. The first-order chi connectivity index (χ1) is 13.8. The van der Waals surface area contributed by atoms with Crippen molar-refractivity contribution in [2.45, 2.75) is 11.2 Å². The Morgan fingerprint density at radius 1 is 1.17 bits per heavy atom. The minimum Gasteiger partial charge on any atom is -0.495 e. The molecule has 4 rings (SSSR count). The number of fused-ring (bicyclic) bond motifs is 1. The summed E-state index contributed by atoms with van der Waals surface area (Å²) in [6.07, 6.45) is -3.91. The normalized spacial score (nSPS) is 17.8. The molecule has 0 bridgehead atoms. The fourth-order valence-electron chi connectivity index (χ4n) is 3.27. The lowest BCUT2D eigenvalue weighted by molar-refractivity contribution is -0.287. The summed E-state index contributed by atoms with van der Waals surface area (Å²) in [6.45, 7) is 3.06. The van der Waals surface area contributed by atoms with E-state index in [-0.39, 0.29) is 11.4 Å². The largest absolute Gasteiger partial charge is 0.586 e. The first kappa shape index (κ1) is 19.5. The average Bonchev–Trinajstić information content (AvgIpc) is 3.01. The summed E-state index contributed by atoms with van der Waals surface area (Å²) < 4.78 is 69.1. The zero-order valence-electron chi connectivity index (χ0n) is 15.4. The van der Waals surface area contributed by atoms with Gasteiger partial charge in [-0.05, 0) is 30.3 Å². The van der Waals surface area contributed by atoms with E-state index in [0.29, 0.717) is 5.75 Å². The lowest BCUT2D eigenvalue weighted by Crippen LogP contribution is -2.43. The van der Waals surface area contributed by atoms with Gasteiger partial charge in [-0.2, -0.15) is 0 Å². The van der Waals surface area contributed by atoms with Crippen LogP contribution in [0.5, 0.6) is 17.2 Å². The van der Waals surface area contributed by atoms with Crippen molar-refractivity contribution in [2.24, 2.45) is 0 Å². The van der Waals surface area contributed by atoms with Gasteiger partial charge in [0.2, 0.25) is 0 Å². The van der Waals surface area contributed by atoms with E-state index < -0.39 is 27.0 Å². The molecule has 2 aromatic rings. The summed E-state index contributed by atoms with van der Waals surface area (Å²) in [4.78, 5) is 1.64. The van der Waals surface area contributed by atoms with Crippen LogP contribution in [0, 0.1) is 0 Å². The molecular formula is C18H19F2N3O5S. The number of para-hydroxylation sites is 1. The third kappa shape index (κ3) is 3.87.